The van der Waals surface area contributed by atoms with Gasteiger partial charge in [-0.15, -0.1) is 0 Å². The third-order valence-corrected chi connectivity index (χ3v) is 4.67. The Labute approximate surface area is 181 Å². The zero-order valence-electron chi connectivity index (χ0n) is 17.7. The first-order valence-corrected chi connectivity index (χ1v) is 10.3. The lowest BCUT2D eigenvalue weighted by atomic mass is 10.2. The van der Waals surface area contributed by atoms with E-state index in [2.05, 4.69) is 25.3 Å². The van der Waals surface area contributed by atoms with E-state index in [0.29, 0.717) is 50.1 Å². The molecular formula is C22H26N6O3. The molecule has 0 saturated heterocycles. The highest BCUT2D eigenvalue weighted by atomic mass is 16.6. The Morgan fingerprint density at radius 2 is 2.03 bits per heavy atom. The standard InChI is InChI=1S/C22H26N6O3/c1-3-23-22(28(2)15-16-7-8-18-19(14-16)30-13-12-29-18)25-11-9-20-26-21(31-27-20)17-6-4-5-10-24-17/h4-8,10,14H,3,9,11-13,15H2,1-2H3,(H,23,25). The summed E-state index contributed by atoms with van der Waals surface area (Å²) >= 11 is 0. The van der Waals surface area contributed by atoms with Crippen LogP contribution in [0.3, 0.4) is 0 Å². The maximum absolute atomic E-state index is 5.68. The fourth-order valence-electron chi connectivity index (χ4n) is 3.22. The van der Waals surface area contributed by atoms with Gasteiger partial charge in [0.05, 0.1) is 0 Å². The van der Waals surface area contributed by atoms with Crippen molar-refractivity contribution in [2.24, 2.45) is 4.99 Å². The van der Waals surface area contributed by atoms with Crippen LogP contribution in [0.25, 0.3) is 11.6 Å². The van der Waals surface area contributed by atoms with E-state index in [9.17, 15) is 0 Å². The van der Waals surface area contributed by atoms with Crippen LogP contribution in [0.15, 0.2) is 52.1 Å². The van der Waals surface area contributed by atoms with Gasteiger partial charge in [-0.2, -0.15) is 4.98 Å². The Morgan fingerprint density at radius 3 is 2.84 bits per heavy atom. The van der Waals surface area contributed by atoms with Crippen molar-refractivity contribution in [2.45, 2.75) is 19.9 Å². The quantitative estimate of drug-likeness (QED) is 0.458. The highest BCUT2D eigenvalue weighted by molar-refractivity contribution is 5.79. The molecule has 0 fully saturated rings. The summed E-state index contributed by atoms with van der Waals surface area (Å²) in [4.78, 5) is 15.4. The molecule has 9 nitrogen and oxygen atoms in total. The summed E-state index contributed by atoms with van der Waals surface area (Å²) in [6.45, 7) is 5.22. The number of benzene rings is 1. The zero-order chi connectivity index (χ0) is 21.5. The third-order valence-electron chi connectivity index (χ3n) is 4.67. The molecule has 2 aromatic heterocycles. The van der Waals surface area contributed by atoms with Gasteiger partial charge in [0.2, 0.25) is 0 Å². The minimum absolute atomic E-state index is 0.419. The molecule has 162 valence electrons. The van der Waals surface area contributed by atoms with Gasteiger partial charge in [0, 0.05) is 39.3 Å². The van der Waals surface area contributed by atoms with Crippen LogP contribution in [-0.4, -0.2) is 59.3 Å². The maximum atomic E-state index is 5.68. The van der Waals surface area contributed by atoms with Crippen molar-refractivity contribution in [3.8, 4) is 23.1 Å². The SMILES string of the molecule is CCNC(=NCCc1noc(-c2ccccn2)n1)N(C)Cc1ccc2c(c1)OCCO2. The minimum Gasteiger partial charge on any atom is -0.486 e. The van der Waals surface area contributed by atoms with Crippen LogP contribution in [0.4, 0.5) is 0 Å². The van der Waals surface area contributed by atoms with Crippen LogP contribution >= 0.6 is 0 Å². The van der Waals surface area contributed by atoms with E-state index < -0.39 is 0 Å². The molecule has 0 aliphatic carbocycles. The number of ether oxygens (including phenoxy) is 2. The van der Waals surface area contributed by atoms with Gasteiger partial charge in [0.1, 0.15) is 18.9 Å². The molecule has 3 heterocycles. The van der Waals surface area contributed by atoms with Crippen molar-refractivity contribution in [1.29, 1.82) is 0 Å². The molecule has 3 aromatic rings. The van der Waals surface area contributed by atoms with Gasteiger partial charge in [-0.05, 0) is 36.8 Å². The van der Waals surface area contributed by atoms with E-state index in [1.54, 1.807) is 6.20 Å². The van der Waals surface area contributed by atoms with Crippen molar-refractivity contribution in [3.63, 3.8) is 0 Å². The van der Waals surface area contributed by atoms with Crippen LogP contribution in [0.5, 0.6) is 11.5 Å². The van der Waals surface area contributed by atoms with Crippen LogP contribution in [0.1, 0.15) is 18.3 Å². The molecule has 0 radical (unpaired) electrons. The molecule has 0 atom stereocenters. The van der Waals surface area contributed by atoms with E-state index in [0.717, 1.165) is 29.6 Å². The van der Waals surface area contributed by atoms with Gasteiger partial charge in [-0.3, -0.25) is 9.98 Å². The molecule has 1 aliphatic rings. The molecule has 0 spiro atoms. The van der Waals surface area contributed by atoms with Gasteiger partial charge in [-0.1, -0.05) is 17.3 Å². The number of nitrogens with zero attached hydrogens (tertiary/aromatic N) is 5. The second-order valence-electron chi connectivity index (χ2n) is 7.05. The van der Waals surface area contributed by atoms with Gasteiger partial charge >= 0.3 is 0 Å². The summed E-state index contributed by atoms with van der Waals surface area (Å²) < 4.78 is 16.6. The van der Waals surface area contributed by atoms with E-state index in [1.165, 1.54) is 0 Å². The number of hydrogen-bond acceptors (Lipinski definition) is 7. The van der Waals surface area contributed by atoms with Gasteiger partial charge in [0.25, 0.3) is 5.89 Å². The first-order chi connectivity index (χ1) is 15.2. The molecule has 0 unspecified atom stereocenters. The maximum Gasteiger partial charge on any atom is 0.276 e. The Bertz CT molecular complexity index is 1020. The summed E-state index contributed by atoms with van der Waals surface area (Å²) in [6, 6.07) is 11.6. The molecule has 31 heavy (non-hydrogen) atoms. The topological polar surface area (TPSA) is 97.9 Å². The molecular weight excluding hydrogens is 396 g/mol. The van der Waals surface area contributed by atoms with Crippen molar-refractivity contribution >= 4 is 5.96 Å². The Balaban J connectivity index is 1.37. The summed E-state index contributed by atoms with van der Waals surface area (Å²) in [5, 5.41) is 7.36. The van der Waals surface area contributed by atoms with E-state index in [4.69, 9.17) is 19.0 Å². The van der Waals surface area contributed by atoms with E-state index in [-0.39, 0.29) is 0 Å². The summed E-state index contributed by atoms with van der Waals surface area (Å²) in [6.07, 6.45) is 2.27. The largest absolute Gasteiger partial charge is 0.486 e. The normalized spacial score (nSPS) is 13.2. The zero-order valence-corrected chi connectivity index (χ0v) is 17.7. The average molecular weight is 422 g/mol. The van der Waals surface area contributed by atoms with Crippen molar-refractivity contribution in [3.05, 3.63) is 54.0 Å². The molecule has 9 heteroatoms. The number of nitrogens with one attached hydrogen (secondary N) is 1. The van der Waals surface area contributed by atoms with Crippen LogP contribution in [-0.2, 0) is 13.0 Å². The lowest BCUT2D eigenvalue weighted by Crippen LogP contribution is -2.38. The molecule has 1 N–H and O–H groups in total. The first-order valence-electron chi connectivity index (χ1n) is 10.3. The lowest BCUT2D eigenvalue weighted by Gasteiger charge is -2.23. The fraction of sp³-hybridized carbons (Fsp3) is 0.364. The number of hydrogen-bond donors (Lipinski definition) is 1. The number of rotatable bonds is 7. The molecule has 0 saturated carbocycles. The predicted molar refractivity (Wildman–Crippen MR) is 116 cm³/mol. The van der Waals surface area contributed by atoms with Gasteiger partial charge in [-0.25, -0.2) is 0 Å². The Kier molecular flexibility index (Phi) is 6.61. The van der Waals surface area contributed by atoms with E-state index in [1.807, 2.05) is 50.4 Å². The minimum atomic E-state index is 0.419. The monoisotopic (exact) mass is 422 g/mol. The van der Waals surface area contributed by atoms with Crippen LogP contribution in [0.2, 0.25) is 0 Å². The number of fused-ring (bicyclic) bond motifs is 1. The Hall–Kier alpha value is -3.62. The second-order valence-corrected chi connectivity index (χ2v) is 7.05. The highest BCUT2D eigenvalue weighted by Gasteiger charge is 2.14. The van der Waals surface area contributed by atoms with Crippen molar-refractivity contribution in [1.82, 2.24) is 25.3 Å². The average Bonchev–Trinajstić information content (AvgIpc) is 3.28. The molecule has 1 aliphatic heterocycles. The van der Waals surface area contributed by atoms with Gasteiger partial charge < -0.3 is 24.2 Å². The van der Waals surface area contributed by atoms with Crippen molar-refractivity contribution in [2.75, 3.05) is 33.4 Å². The van der Waals surface area contributed by atoms with Gasteiger partial charge in [0.15, 0.2) is 23.3 Å². The summed E-state index contributed by atoms with van der Waals surface area (Å²) in [5.41, 5.74) is 1.78. The fourth-order valence-corrected chi connectivity index (χ4v) is 3.22. The Morgan fingerprint density at radius 1 is 1.16 bits per heavy atom. The van der Waals surface area contributed by atoms with Crippen LogP contribution in [0, 0.1) is 0 Å². The summed E-state index contributed by atoms with van der Waals surface area (Å²) in [7, 11) is 2.01. The lowest BCUT2D eigenvalue weighted by molar-refractivity contribution is 0.171. The molecule has 0 amide bonds. The van der Waals surface area contributed by atoms with Crippen molar-refractivity contribution < 1.29 is 14.0 Å². The number of guanidine groups is 1. The van der Waals surface area contributed by atoms with Crippen LogP contribution < -0.4 is 14.8 Å². The predicted octanol–water partition coefficient (Wildman–Crippen LogP) is 2.54. The third kappa shape index (κ3) is 5.30. The molecule has 1 aromatic carbocycles. The number of pyridine rings is 1. The second kappa shape index (κ2) is 9.92. The number of aromatic nitrogens is 3. The van der Waals surface area contributed by atoms with E-state index >= 15 is 0 Å². The first kappa shape index (κ1) is 20.6. The number of aliphatic imine (C=N–C) groups is 1. The molecule has 4 rings (SSSR count). The highest BCUT2D eigenvalue weighted by Crippen LogP contribution is 2.31. The molecule has 0 bridgehead atoms. The smallest absolute Gasteiger partial charge is 0.276 e. The summed E-state index contributed by atoms with van der Waals surface area (Å²) in [5.74, 6) is 3.42.